The Morgan fingerprint density at radius 1 is 0.821 bits per heavy atom. The van der Waals surface area contributed by atoms with E-state index in [4.69, 9.17) is 16.7 Å². The fourth-order valence-electron chi connectivity index (χ4n) is 2.96. The van der Waals surface area contributed by atoms with E-state index in [0.717, 1.165) is 16.9 Å². The van der Waals surface area contributed by atoms with Gasteiger partial charge in [-0.1, -0.05) is 90.5 Å². The molecule has 0 N–H and O–H groups in total. The van der Waals surface area contributed by atoms with Crippen molar-refractivity contribution in [3.8, 4) is 16.9 Å². The highest BCUT2D eigenvalue weighted by Gasteiger charge is 2.17. The maximum Gasteiger partial charge on any atom is 0.185 e. The first-order chi connectivity index (χ1) is 13.7. The van der Waals surface area contributed by atoms with Crippen molar-refractivity contribution in [2.24, 2.45) is 0 Å². The molecule has 0 unspecified atom stereocenters. The molecule has 3 nitrogen and oxygen atoms in total. The molecule has 0 aliphatic carbocycles. The molecule has 0 saturated heterocycles. The van der Waals surface area contributed by atoms with Gasteiger partial charge in [0.15, 0.2) is 5.78 Å². The molecule has 0 bridgehead atoms. The van der Waals surface area contributed by atoms with E-state index >= 15 is 0 Å². The number of hydrogen-bond acceptors (Lipinski definition) is 2. The Morgan fingerprint density at radius 2 is 1.39 bits per heavy atom. The van der Waals surface area contributed by atoms with E-state index in [9.17, 15) is 4.79 Å². The minimum atomic E-state index is -0.0804. The van der Waals surface area contributed by atoms with Gasteiger partial charge >= 0.3 is 0 Å². The van der Waals surface area contributed by atoms with Crippen molar-refractivity contribution in [1.29, 1.82) is 0 Å². The van der Waals surface area contributed by atoms with Gasteiger partial charge in [-0.3, -0.25) is 4.79 Å². The monoisotopic (exact) mass is 384 g/mol. The Morgan fingerprint density at radius 3 is 2.04 bits per heavy atom. The number of rotatable bonds is 5. The average Bonchev–Trinajstić information content (AvgIpc) is 3.10. The standard InChI is InChI=1S/C24H17ClN2O/c25-24-21(16-17-22(28)18-10-4-1-5-11-18)23(19-12-6-2-7-13-19)26-27(24)20-14-8-3-9-15-20/h1-17H/b17-16+. The highest BCUT2D eigenvalue weighted by atomic mass is 35.5. The number of benzene rings is 3. The second-order valence-electron chi connectivity index (χ2n) is 6.23. The van der Waals surface area contributed by atoms with Gasteiger partial charge in [0.1, 0.15) is 10.8 Å². The third-order valence-electron chi connectivity index (χ3n) is 4.37. The first-order valence-electron chi connectivity index (χ1n) is 8.91. The van der Waals surface area contributed by atoms with Crippen LogP contribution in [0.25, 0.3) is 23.0 Å². The molecule has 1 aromatic heterocycles. The van der Waals surface area contributed by atoms with Crippen LogP contribution in [0.4, 0.5) is 0 Å². The molecule has 0 saturated carbocycles. The molecular formula is C24H17ClN2O. The zero-order valence-electron chi connectivity index (χ0n) is 15.0. The first-order valence-corrected chi connectivity index (χ1v) is 9.28. The van der Waals surface area contributed by atoms with Crippen LogP contribution in [0, 0.1) is 0 Å². The van der Waals surface area contributed by atoms with Gasteiger partial charge in [-0.05, 0) is 24.3 Å². The van der Waals surface area contributed by atoms with Crippen molar-refractivity contribution < 1.29 is 4.79 Å². The van der Waals surface area contributed by atoms with Crippen LogP contribution in [0.15, 0.2) is 97.1 Å². The van der Waals surface area contributed by atoms with Crippen molar-refractivity contribution in [3.63, 3.8) is 0 Å². The Labute approximate surface area is 168 Å². The number of carbonyl (C=O) groups excluding carboxylic acids is 1. The fourth-order valence-corrected chi connectivity index (χ4v) is 3.25. The van der Waals surface area contributed by atoms with Crippen LogP contribution in [0.2, 0.25) is 5.15 Å². The van der Waals surface area contributed by atoms with Gasteiger partial charge in [-0.25, -0.2) is 4.68 Å². The Kier molecular flexibility index (Phi) is 5.18. The van der Waals surface area contributed by atoms with E-state index in [2.05, 4.69) is 0 Å². The summed E-state index contributed by atoms with van der Waals surface area (Å²) in [6.07, 6.45) is 3.28. The molecule has 136 valence electrons. The zero-order valence-corrected chi connectivity index (χ0v) is 15.8. The molecular weight excluding hydrogens is 368 g/mol. The SMILES string of the molecule is O=C(/C=C/c1c(-c2ccccc2)nn(-c2ccccc2)c1Cl)c1ccccc1. The van der Waals surface area contributed by atoms with Gasteiger partial charge in [0.2, 0.25) is 0 Å². The van der Waals surface area contributed by atoms with Crippen LogP contribution >= 0.6 is 11.6 Å². The molecule has 0 aliphatic heterocycles. The van der Waals surface area contributed by atoms with Crippen LogP contribution < -0.4 is 0 Å². The number of allylic oxidation sites excluding steroid dienone is 1. The molecule has 0 amide bonds. The van der Waals surface area contributed by atoms with Gasteiger partial charge in [-0.15, -0.1) is 0 Å². The van der Waals surface area contributed by atoms with Gasteiger partial charge in [-0.2, -0.15) is 5.10 Å². The average molecular weight is 385 g/mol. The van der Waals surface area contributed by atoms with Crippen LogP contribution in [-0.4, -0.2) is 15.6 Å². The Bertz CT molecular complexity index is 1120. The Balaban J connectivity index is 1.80. The summed E-state index contributed by atoms with van der Waals surface area (Å²) in [5.41, 5.74) is 3.86. The van der Waals surface area contributed by atoms with E-state index in [1.807, 2.05) is 78.9 Å². The molecule has 1 heterocycles. The Hall–Kier alpha value is -3.43. The lowest BCUT2D eigenvalue weighted by atomic mass is 10.1. The van der Waals surface area contributed by atoms with E-state index in [-0.39, 0.29) is 5.78 Å². The second kappa shape index (κ2) is 8.07. The fraction of sp³-hybridized carbons (Fsp3) is 0. The van der Waals surface area contributed by atoms with Crippen molar-refractivity contribution in [2.45, 2.75) is 0 Å². The molecule has 4 rings (SSSR count). The maximum absolute atomic E-state index is 12.5. The van der Waals surface area contributed by atoms with E-state index in [1.54, 1.807) is 29.0 Å². The molecule has 0 atom stereocenters. The second-order valence-corrected chi connectivity index (χ2v) is 6.59. The van der Waals surface area contributed by atoms with Gasteiger partial charge in [0.25, 0.3) is 0 Å². The third-order valence-corrected chi connectivity index (χ3v) is 4.73. The number of aromatic nitrogens is 2. The summed E-state index contributed by atoms with van der Waals surface area (Å²) in [7, 11) is 0. The van der Waals surface area contributed by atoms with Crippen molar-refractivity contribution in [1.82, 2.24) is 9.78 Å². The predicted molar refractivity (Wildman–Crippen MR) is 114 cm³/mol. The summed E-state index contributed by atoms with van der Waals surface area (Å²) in [4.78, 5) is 12.5. The molecule has 4 heteroatoms. The number of hydrogen-bond donors (Lipinski definition) is 0. The minimum absolute atomic E-state index is 0.0804. The maximum atomic E-state index is 12.5. The van der Waals surface area contributed by atoms with Crippen molar-refractivity contribution in [2.75, 3.05) is 0 Å². The van der Waals surface area contributed by atoms with Crippen molar-refractivity contribution in [3.05, 3.63) is 113 Å². The molecule has 4 aromatic rings. The summed E-state index contributed by atoms with van der Waals surface area (Å²) < 4.78 is 1.69. The highest BCUT2D eigenvalue weighted by Crippen LogP contribution is 2.32. The van der Waals surface area contributed by atoms with Crippen molar-refractivity contribution >= 4 is 23.5 Å². The lowest BCUT2D eigenvalue weighted by molar-refractivity contribution is 0.104. The van der Waals surface area contributed by atoms with Crippen LogP contribution in [0.3, 0.4) is 0 Å². The number of nitrogens with zero attached hydrogens (tertiary/aromatic N) is 2. The predicted octanol–water partition coefficient (Wildman–Crippen LogP) is 6.09. The third kappa shape index (κ3) is 3.66. The van der Waals surface area contributed by atoms with Gasteiger partial charge < -0.3 is 0 Å². The quantitative estimate of drug-likeness (QED) is 0.308. The smallest absolute Gasteiger partial charge is 0.185 e. The number of carbonyl (C=O) groups is 1. The number of ketones is 1. The molecule has 3 aromatic carbocycles. The molecule has 0 spiro atoms. The lowest BCUT2D eigenvalue weighted by Crippen LogP contribution is -1.96. The minimum Gasteiger partial charge on any atom is -0.289 e. The lowest BCUT2D eigenvalue weighted by Gasteiger charge is -2.01. The molecule has 28 heavy (non-hydrogen) atoms. The zero-order chi connectivity index (χ0) is 19.3. The number of para-hydroxylation sites is 1. The van der Waals surface area contributed by atoms with Crippen LogP contribution in [0.1, 0.15) is 15.9 Å². The molecule has 0 aliphatic rings. The van der Waals surface area contributed by atoms with Crippen LogP contribution in [0.5, 0.6) is 0 Å². The van der Waals surface area contributed by atoms with E-state index < -0.39 is 0 Å². The summed E-state index contributed by atoms with van der Waals surface area (Å²) in [6.45, 7) is 0. The van der Waals surface area contributed by atoms with E-state index in [1.165, 1.54) is 0 Å². The van der Waals surface area contributed by atoms with Crippen LogP contribution in [-0.2, 0) is 0 Å². The van der Waals surface area contributed by atoms with Gasteiger partial charge in [0, 0.05) is 16.7 Å². The summed E-state index contributed by atoms with van der Waals surface area (Å²) >= 11 is 6.68. The summed E-state index contributed by atoms with van der Waals surface area (Å²) in [5.74, 6) is -0.0804. The molecule has 0 radical (unpaired) electrons. The summed E-state index contributed by atoms with van der Waals surface area (Å²) in [5, 5.41) is 5.18. The topological polar surface area (TPSA) is 34.9 Å². The normalized spacial score (nSPS) is 11.0. The summed E-state index contributed by atoms with van der Waals surface area (Å²) in [6, 6.07) is 28.7. The molecule has 0 fully saturated rings. The van der Waals surface area contributed by atoms with E-state index in [0.29, 0.717) is 16.3 Å². The number of halogens is 1. The highest BCUT2D eigenvalue weighted by molar-refractivity contribution is 6.32. The first kappa shape index (κ1) is 18.0. The largest absolute Gasteiger partial charge is 0.289 e. The van der Waals surface area contributed by atoms with Gasteiger partial charge in [0.05, 0.1) is 5.69 Å².